The molecule has 0 N–H and O–H groups in total. The van der Waals surface area contributed by atoms with Crippen molar-refractivity contribution < 1.29 is 0 Å². The molecule has 0 fully saturated rings. The van der Waals surface area contributed by atoms with E-state index in [9.17, 15) is 0 Å². The van der Waals surface area contributed by atoms with Crippen LogP contribution in [0.4, 0.5) is 0 Å². The Morgan fingerprint density at radius 2 is 0.935 bits per heavy atom. The summed E-state index contributed by atoms with van der Waals surface area (Å²) in [5, 5.41) is 14.0. The highest BCUT2D eigenvalue weighted by molar-refractivity contribution is 7.30. The van der Waals surface area contributed by atoms with Crippen LogP contribution >= 0.6 is 22.7 Å². The minimum absolute atomic E-state index is 1.26. The van der Waals surface area contributed by atoms with Crippen LogP contribution in [0.1, 0.15) is 0 Å². The fourth-order valence-electron chi connectivity index (χ4n) is 7.42. The van der Waals surface area contributed by atoms with Gasteiger partial charge >= 0.3 is 0 Å². The van der Waals surface area contributed by atoms with Crippen LogP contribution in [0.25, 0.3) is 96.0 Å². The zero-order valence-electron chi connectivity index (χ0n) is 24.8. The van der Waals surface area contributed by atoms with E-state index in [0.717, 1.165) is 0 Å². The first-order chi connectivity index (χ1) is 22.8. The molecule has 0 saturated heterocycles. The van der Waals surface area contributed by atoms with Crippen LogP contribution in [0.5, 0.6) is 0 Å². The van der Waals surface area contributed by atoms with Crippen molar-refractivity contribution in [2.75, 3.05) is 0 Å². The van der Waals surface area contributed by atoms with Gasteiger partial charge in [0, 0.05) is 26.4 Å². The van der Waals surface area contributed by atoms with E-state index in [4.69, 9.17) is 0 Å². The number of benzene rings is 8. The van der Waals surface area contributed by atoms with Crippen LogP contribution in [-0.2, 0) is 0 Å². The summed E-state index contributed by atoms with van der Waals surface area (Å²) in [6.07, 6.45) is 0. The second-order valence-corrected chi connectivity index (χ2v) is 14.0. The number of rotatable bonds is 3. The van der Waals surface area contributed by atoms with E-state index in [0.29, 0.717) is 0 Å². The van der Waals surface area contributed by atoms with Crippen LogP contribution in [-0.4, -0.2) is 0 Å². The SMILES string of the molecule is c1ccc(-c2csc3c2ccc2c4cc(-c5c6ccccc6c(-c6ccc7ccccc7c6)c6ccccc56)ccc4sc23)cc1. The van der Waals surface area contributed by atoms with Gasteiger partial charge in [0.05, 0.1) is 9.40 Å². The third-order valence-corrected chi connectivity index (χ3v) is 11.9. The van der Waals surface area contributed by atoms with E-state index in [1.54, 1.807) is 0 Å². The Hall–Kier alpha value is -5.28. The molecule has 8 aromatic carbocycles. The Morgan fingerprint density at radius 1 is 0.348 bits per heavy atom. The molecule has 214 valence electrons. The molecule has 46 heavy (non-hydrogen) atoms. The van der Waals surface area contributed by atoms with Crippen molar-refractivity contribution in [2.45, 2.75) is 0 Å². The third kappa shape index (κ3) is 3.84. The number of hydrogen-bond donors (Lipinski definition) is 0. The molecule has 10 rings (SSSR count). The monoisotopic (exact) mass is 618 g/mol. The highest BCUT2D eigenvalue weighted by atomic mass is 32.1. The molecule has 0 aliphatic heterocycles. The van der Waals surface area contributed by atoms with Crippen LogP contribution < -0.4 is 0 Å². The third-order valence-electron chi connectivity index (χ3n) is 9.52. The van der Waals surface area contributed by atoms with Gasteiger partial charge in [-0.1, -0.05) is 133 Å². The predicted molar refractivity (Wildman–Crippen MR) is 204 cm³/mol. The Balaban J connectivity index is 1.22. The smallest absolute Gasteiger partial charge is 0.0533 e. The fraction of sp³-hybridized carbons (Fsp3) is 0. The molecule has 0 bridgehead atoms. The second kappa shape index (κ2) is 10.1. The first-order valence-corrected chi connectivity index (χ1v) is 17.4. The molecular formula is C44H26S2. The molecule has 0 spiro atoms. The van der Waals surface area contributed by atoms with Gasteiger partial charge in [0.1, 0.15) is 0 Å². The lowest BCUT2D eigenvalue weighted by Crippen LogP contribution is -1.91. The van der Waals surface area contributed by atoms with Crippen molar-refractivity contribution in [1.29, 1.82) is 0 Å². The fourth-order valence-corrected chi connectivity index (χ4v) is 9.83. The molecule has 2 heterocycles. The summed E-state index contributed by atoms with van der Waals surface area (Å²) < 4.78 is 4.11. The van der Waals surface area contributed by atoms with Crippen molar-refractivity contribution in [3.05, 3.63) is 157 Å². The molecule has 0 atom stereocenters. The molecule has 10 aromatic rings. The van der Waals surface area contributed by atoms with Gasteiger partial charge in [0.25, 0.3) is 0 Å². The zero-order valence-corrected chi connectivity index (χ0v) is 26.5. The van der Waals surface area contributed by atoms with Crippen molar-refractivity contribution in [3.8, 4) is 33.4 Å². The van der Waals surface area contributed by atoms with Gasteiger partial charge in [-0.2, -0.15) is 0 Å². The standard InChI is InChI=1S/C44H26S2/c1-2-11-28(12-3-1)39-26-45-43-37(39)22-21-36-38-25-31(20-23-40(38)46-44(36)43)42-34-16-8-6-14-32(34)41(33-15-7-9-17-35(33)42)30-19-18-27-10-4-5-13-29(27)24-30/h1-26H. The molecule has 0 aliphatic carbocycles. The number of thiophene rings is 2. The maximum atomic E-state index is 2.44. The lowest BCUT2D eigenvalue weighted by Gasteiger charge is -2.18. The summed E-state index contributed by atoms with van der Waals surface area (Å²) in [6.45, 7) is 0. The van der Waals surface area contributed by atoms with Crippen molar-refractivity contribution >= 4 is 85.2 Å². The van der Waals surface area contributed by atoms with E-state index in [2.05, 4.69) is 157 Å². The highest BCUT2D eigenvalue weighted by Gasteiger charge is 2.19. The molecule has 0 nitrogen and oxygen atoms in total. The topological polar surface area (TPSA) is 0 Å². The quantitative estimate of drug-likeness (QED) is 0.173. The maximum absolute atomic E-state index is 2.44. The summed E-state index contributed by atoms with van der Waals surface area (Å²) in [4.78, 5) is 0. The van der Waals surface area contributed by atoms with Gasteiger partial charge in [0.15, 0.2) is 0 Å². The summed E-state index contributed by atoms with van der Waals surface area (Å²) >= 11 is 3.79. The largest absolute Gasteiger partial charge is 0.142 e. The average Bonchev–Trinajstić information content (AvgIpc) is 3.72. The minimum atomic E-state index is 1.26. The van der Waals surface area contributed by atoms with Gasteiger partial charge in [-0.05, 0) is 83.7 Å². The van der Waals surface area contributed by atoms with Crippen LogP contribution in [0.2, 0.25) is 0 Å². The van der Waals surface area contributed by atoms with E-state index >= 15 is 0 Å². The molecule has 0 radical (unpaired) electrons. The highest BCUT2D eigenvalue weighted by Crippen LogP contribution is 2.47. The van der Waals surface area contributed by atoms with Gasteiger partial charge in [0.2, 0.25) is 0 Å². The number of hydrogen-bond acceptors (Lipinski definition) is 2. The summed E-state index contributed by atoms with van der Waals surface area (Å²) in [5.74, 6) is 0. The maximum Gasteiger partial charge on any atom is 0.0533 e. The second-order valence-electron chi connectivity index (χ2n) is 12.1. The van der Waals surface area contributed by atoms with E-state index in [-0.39, 0.29) is 0 Å². The summed E-state index contributed by atoms with van der Waals surface area (Å²) in [7, 11) is 0. The lowest BCUT2D eigenvalue weighted by molar-refractivity contribution is 1.69. The molecule has 0 aliphatic rings. The predicted octanol–water partition coefficient (Wildman–Crippen LogP) is 13.7. The Kier molecular flexibility index (Phi) is 5.72. The van der Waals surface area contributed by atoms with Gasteiger partial charge in [-0.15, -0.1) is 22.7 Å². The van der Waals surface area contributed by atoms with E-state index in [1.165, 1.54) is 96.0 Å². The van der Waals surface area contributed by atoms with E-state index < -0.39 is 0 Å². The average molecular weight is 619 g/mol. The van der Waals surface area contributed by atoms with Gasteiger partial charge < -0.3 is 0 Å². The Labute approximate surface area is 274 Å². The summed E-state index contributed by atoms with van der Waals surface area (Å²) in [5.41, 5.74) is 7.73. The molecule has 2 aromatic heterocycles. The van der Waals surface area contributed by atoms with Crippen LogP contribution in [0.15, 0.2) is 157 Å². The molecule has 2 heteroatoms. The van der Waals surface area contributed by atoms with Crippen LogP contribution in [0, 0.1) is 0 Å². The normalized spacial score (nSPS) is 11.9. The molecule has 0 unspecified atom stereocenters. The summed E-state index contributed by atoms with van der Waals surface area (Å²) in [6, 6.07) is 56.0. The van der Waals surface area contributed by atoms with Crippen LogP contribution in [0.3, 0.4) is 0 Å². The minimum Gasteiger partial charge on any atom is -0.142 e. The number of fused-ring (bicyclic) bond motifs is 8. The molecular weight excluding hydrogens is 593 g/mol. The zero-order chi connectivity index (χ0) is 30.2. The van der Waals surface area contributed by atoms with E-state index in [1.807, 2.05) is 22.7 Å². The first kappa shape index (κ1) is 26.0. The Morgan fingerprint density at radius 3 is 1.65 bits per heavy atom. The van der Waals surface area contributed by atoms with Gasteiger partial charge in [-0.25, -0.2) is 0 Å². The van der Waals surface area contributed by atoms with Crippen molar-refractivity contribution in [1.82, 2.24) is 0 Å². The molecule has 0 saturated carbocycles. The Bertz CT molecular complexity index is 2740. The van der Waals surface area contributed by atoms with Crippen molar-refractivity contribution in [2.24, 2.45) is 0 Å². The lowest BCUT2D eigenvalue weighted by atomic mass is 9.85. The first-order valence-electron chi connectivity index (χ1n) is 15.7. The molecule has 0 amide bonds. The van der Waals surface area contributed by atoms with Gasteiger partial charge in [-0.3, -0.25) is 0 Å². The van der Waals surface area contributed by atoms with Crippen molar-refractivity contribution in [3.63, 3.8) is 0 Å².